The third-order valence-electron chi connectivity index (χ3n) is 7.37. The molecule has 25 heavy (non-hydrogen) atoms. The lowest BCUT2D eigenvalue weighted by Gasteiger charge is -2.56. The summed E-state index contributed by atoms with van der Waals surface area (Å²) in [5.41, 5.74) is 0.327. The van der Waals surface area contributed by atoms with E-state index in [1.54, 1.807) is 0 Å². The summed E-state index contributed by atoms with van der Waals surface area (Å²) in [6, 6.07) is 0.262. The van der Waals surface area contributed by atoms with Crippen LogP contribution in [0.15, 0.2) is 0 Å². The lowest BCUT2D eigenvalue weighted by Crippen LogP contribution is -2.50. The highest BCUT2D eigenvalue weighted by Crippen LogP contribution is 2.61. The minimum atomic E-state index is 0.0715. The standard InChI is InChI=1S/C21H34N2O2/c1-14(2)20(25)23-5-3-18(4-6-23)22-19(24)13-21-10-15-7-16(11-21)9-17(8-15)12-21/h14-18H,3-13H2,1-2H3,(H,22,24). The molecule has 0 spiro atoms. The van der Waals surface area contributed by atoms with Crippen LogP contribution in [0.2, 0.25) is 0 Å². The molecule has 1 heterocycles. The second kappa shape index (κ2) is 6.59. The molecule has 1 saturated heterocycles. The zero-order valence-electron chi connectivity index (χ0n) is 15.9. The van der Waals surface area contributed by atoms with Crippen LogP contribution in [0, 0.1) is 29.1 Å². The Bertz CT molecular complexity index is 499. The van der Waals surface area contributed by atoms with Gasteiger partial charge in [0.25, 0.3) is 0 Å². The maximum absolute atomic E-state index is 12.7. The van der Waals surface area contributed by atoms with Gasteiger partial charge in [-0.3, -0.25) is 9.59 Å². The lowest BCUT2D eigenvalue weighted by molar-refractivity contribution is -0.135. The SMILES string of the molecule is CC(C)C(=O)N1CCC(NC(=O)CC23CC4CC(CC(C4)C2)C3)CC1. The molecule has 1 aliphatic heterocycles. The molecule has 0 aromatic heterocycles. The smallest absolute Gasteiger partial charge is 0.225 e. The fourth-order valence-corrected chi connectivity index (χ4v) is 6.74. The van der Waals surface area contributed by atoms with Crippen molar-refractivity contribution in [1.29, 1.82) is 0 Å². The van der Waals surface area contributed by atoms with Crippen molar-refractivity contribution in [2.24, 2.45) is 29.1 Å². The van der Waals surface area contributed by atoms with Crippen LogP contribution in [-0.2, 0) is 9.59 Å². The number of piperidine rings is 1. The molecule has 140 valence electrons. The van der Waals surface area contributed by atoms with Crippen LogP contribution in [-0.4, -0.2) is 35.8 Å². The molecule has 4 aliphatic carbocycles. The van der Waals surface area contributed by atoms with Gasteiger partial charge in [0.2, 0.25) is 11.8 Å². The van der Waals surface area contributed by atoms with Gasteiger partial charge < -0.3 is 10.2 Å². The molecule has 0 unspecified atom stereocenters. The third-order valence-corrected chi connectivity index (χ3v) is 7.37. The zero-order valence-corrected chi connectivity index (χ0v) is 15.9. The summed E-state index contributed by atoms with van der Waals surface area (Å²) >= 11 is 0. The molecular formula is C21H34N2O2. The van der Waals surface area contributed by atoms with Crippen LogP contribution in [0.1, 0.15) is 71.6 Å². The summed E-state index contributed by atoms with van der Waals surface area (Å²) in [4.78, 5) is 26.8. The Balaban J connectivity index is 1.27. The Hall–Kier alpha value is -1.06. The monoisotopic (exact) mass is 346 g/mol. The first-order valence-corrected chi connectivity index (χ1v) is 10.5. The van der Waals surface area contributed by atoms with Crippen molar-refractivity contribution >= 4 is 11.8 Å². The van der Waals surface area contributed by atoms with Crippen LogP contribution in [0.4, 0.5) is 0 Å². The predicted molar refractivity (Wildman–Crippen MR) is 97.8 cm³/mol. The molecule has 5 rings (SSSR count). The van der Waals surface area contributed by atoms with Crippen LogP contribution in [0.3, 0.4) is 0 Å². The fraction of sp³-hybridized carbons (Fsp3) is 0.905. The maximum atomic E-state index is 12.7. The molecule has 0 radical (unpaired) electrons. The second-order valence-electron chi connectivity index (χ2n) is 9.92. The van der Waals surface area contributed by atoms with Gasteiger partial charge in [-0.15, -0.1) is 0 Å². The fourth-order valence-electron chi connectivity index (χ4n) is 6.74. The Morgan fingerprint density at radius 1 is 1.00 bits per heavy atom. The molecule has 4 heteroatoms. The summed E-state index contributed by atoms with van der Waals surface area (Å²) in [5.74, 6) is 3.31. The van der Waals surface area contributed by atoms with Crippen LogP contribution >= 0.6 is 0 Å². The largest absolute Gasteiger partial charge is 0.353 e. The van der Waals surface area contributed by atoms with Crippen molar-refractivity contribution in [3.63, 3.8) is 0 Å². The number of hydrogen-bond donors (Lipinski definition) is 1. The van der Waals surface area contributed by atoms with Gasteiger partial charge in [0.05, 0.1) is 0 Å². The van der Waals surface area contributed by atoms with E-state index in [1.165, 1.54) is 38.5 Å². The molecule has 2 amide bonds. The number of rotatable bonds is 4. The second-order valence-corrected chi connectivity index (χ2v) is 9.92. The van der Waals surface area contributed by atoms with E-state index in [2.05, 4.69) is 5.32 Å². The lowest BCUT2D eigenvalue weighted by atomic mass is 9.49. The average molecular weight is 347 g/mol. The van der Waals surface area contributed by atoms with E-state index in [9.17, 15) is 9.59 Å². The molecule has 0 aromatic rings. The van der Waals surface area contributed by atoms with Crippen molar-refractivity contribution in [1.82, 2.24) is 10.2 Å². The molecule has 0 atom stereocenters. The van der Waals surface area contributed by atoms with Gasteiger partial charge in [-0.25, -0.2) is 0 Å². The summed E-state index contributed by atoms with van der Waals surface area (Å²) in [7, 11) is 0. The van der Waals surface area contributed by atoms with Gasteiger partial charge in [-0.1, -0.05) is 13.8 Å². The maximum Gasteiger partial charge on any atom is 0.225 e. The van der Waals surface area contributed by atoms with Gasteiger partial charge in [-0.05, 0) is 74.5 Å². The van der Waals surface area contributed by atoms with Gasteiger partial charge in [0.15, 0.2) is 0 Å². The van der Waals surface area contributed by atoms with Gasteiger partial charge in [0, 0.05) is 31.5 Å². The Labute approximate surface area is 152 Å². The number of hydrogen-bond acceptors (Lipinski definition) is 2. The molecule has 5 aliphatic rings. The van der Waals surface area contributed by atoms with E-state index < -0.39 is 0 Å². The van der Waals surface area contributed by atoms with E-state index >= 15 is 0 Å². The van der Waals surface area contributed by atoms with Gasteiger partial charge in [-0.2, -0.15) is 0 Å². The summed E-state index contributed by atoms with van der Waals surface area (Å²) < 4.78 is 0. The van der Waals surface area contributed by atoms with E-state index in [0.717, 1.165) is 50.1 Å². The number of carbonyl (C=O) groups is 2. The highest BCUT2D eigenvalue weighted by Gasteiger charge is 2.51. The van der Waals surface area contributed by atoms with Crippen molar-refractivity contribution < 1.29 is 9.59 Å². The summed E-state index contributed by atoms with van der Waals surface area (Å²) in [5, 5.41) is 3.31. The van der Waals surface area contributed by atoms with Crippen molar-refractivity contribution in [3.8, 4) is 0 Å². The average Bonchev–Trinajstić information content (AvgIpc) is 2.52. The minimum absolute atomic E-state index is 0.0715. The topological polar surface area (TPSA) is 49.4 Å². The number of amides is 2. The van der Waals surface area contributed by atoms with Gasteiger partial charge in [0.1, 0.15) is 0 Å². The number of nitrogens with one attached hydrogen (secondary N) is 1. The number of nitrogens with zero attached hydrogens (tertiary/aromatic N) is 1. The third kappa shape index (κ3) is 3.59. The van der Waals surface area contributed by atoms with Crippen LogP contribution < -0.4 is 5.32 Å². The molecule has 4 nitrogen and oxygen atoms in total. The van der Waals surface area contributed by atoms with Crippen molar-refractivity contribution in [2.45, 2.75) is 77.7 Å². The molecule has 4 bridgehead atoms. The quantitative estimate of drug-likeness (QED) is 0.848. The van der Waals surface area contributed by atoms with Crippen LogP contribution in [0.25, 0.3) is 0 Å². The Morgan fingerprint density at radius 2 is 1.52 bits per heavy atom. The highest BCUT2D eigenvalue weighted by molar-refractivity contribution is 5.78. The highest BCUT2D eigenvalue weighted by atomic mass is 16.2. The minimum Gasteiger partial charge on any atom is -0.353 e. The van der Waals surface area contributed by atoms with Crippen LogP contribution in [0.5, 0.6) is 0 Å². The first-order chi connectivity index (χ1) is 11.9. The normalized spacial score (nSPS) is 37.6. The molecule has 0 aromatic carbocycles. The summed E-state index contributed by atoms with van der Waals surface area (Å²) in [6.45, 7) is 5.50. The zero-order chi connectivity index (χ0) is 17.6. The summed E-state index contributed by atoms with van der Waals surface area (Å²) in [6.07, 6.45) is 10.8. The van der Waals surface area contributed by atoms with Crippen molar-refractivity contribution in [3.05, 3.63) is 0 Å². The van der Waals surface area contributed by atoms with E-state index in [1.807, 2.05) is 18.7 Å². The van der Waals surface area contributed by atoms with E-state index in [4.69, 9.17) is 0 Å². The number of carbonyl (C=O) groups excluding carboxylic acids is 2. The first-order valence-electron chi connectivity index (χ1n) is 10.5. The van der Waals surface area contributed by atoms with Gasteiger partial charge >= 0.3 is 0 Å². The van der Waals surface area contributed by atoms with E-state index in [-0.39, 0.29) is 23.8 Å². The number of likely N-dealkylation sites (tertiary alicyclic amines) is 1. The molecular weight excluding hydrogens is 312 g/mol. The Kier molecular flexibility index (Phi) is 4.57. The Morgan fingerprint density at radius 3 is 2.00 bits per heavy atom. The molecule has 4 saturated carbocycles. The molecule has 1 N–H and O–H groups in total. The van der Waals surface area contributed by atoms with Crippen molar-refractivity contribution in [2.75, 3.05) is 13.1 Å². The predicted octanol–water partition coefficient (Wildman–Crippen LogP) is 3.36. The van der Waals surface area contributed by atoms with E-state index in [0.29, 0.717) is 5.41 Å². The first kappa shape index (κ1) is 17.4. The molecule has 5 fully saturated rings.